The molecule has 2 amide bonds. The Labute approximate surface area is 204 Å². The van der Waals surface area contributed by atoms with E-state index in [0.29, 0.717) is 25.9 Å². The number of ether oxygens (including phenoxy) is 2. The third-order valence-electron chi connectivity index (χ3n) is 7.63. The van der Waals surface area contributed by atoms with Gasteiger partial charge < -0.3 is 24.8 Å². The van der Waals surface area contributed by atoms with Crippen LogP contribution in [0.25, 0.3) is 11.1 Å². The standard InChI is InChI=1S/C27H30N2O6/c1-34-16-27(25(31)32)10-11-29(15-27)24(30)22-12-17(22)13-28-26(33)35-14-23-20-8-4-2-6-18(20)19-7-3-5-9-21(19)23/h2-9,17,22-23H,10-16H2,1H3,(H,28,33)(H,31,32)/t17-,22-,27?/m1/s1. The van der Waals surface area contributed by atoms with Gasteiger partial charge >= 0.3 is 12.1 Å². The minimum atomic E-state index is -1.03. The van der Waals surface area contributed by atoms with Gasteiger partial charge in [0.2, 0.25) is 5.91 Å². The Kier molecular flexibility index (Phi) is 6.23. The number of carbonyl (C=O) groups excluding carboxylic acids is 2. The third-order valence-corrected chi connectivity index (χ3v) is 7.63. The molecule has 2 aliphatic carbocycles. The van der Waals surface area contributed by atoms with Gasteiger partial charge in [0.05, 0.1) is 6.61 Å². The lowest BCUT2D eigenvalue weighted by molar-refractivity contribution is -0.151. The molecule has 1 saturated carbocycles. The summed E-state index contributed by atoms with van der Waals surface area (Å²) in [6.45, 7) is 1.28. The second-order valence-electron chi connectivity index (χ2n) is 9.84. The second kappa shape index (κ2) is 9.34. The fourth-order valence-corrected chi connectivity index (χ4v) is 5.56. The molecular formula is C27H30N2O6. The highest BCUT2D eigenvalue weighted by Gasteiger charge is 2.51. The molecule has 2 aromatic carbocycles. The number of carboxylic acid groups (broad SMARTS) is 1. The van der Waals surface area contributed by atoms with E-state index in [2.05, 4.69) is 29.6 Å². The molecule has 1 saturated heterocycles. The molecule has 2 fully saturated rings. The van der Waals surface area contributed by atoms with Gasteiger partial charge in [0.25, 0.3) is 0 Å². The van der Waals surface area contributed by atoms with Crippen LogP contribution >= 0.6 is 0 Å². The van der Waals surface area contributed by atoms with Crippen molar-refractivity contribution in [1.82, 2.24) is 10.2 Å². The summed E-state index contributed by atoms with van der Waals surface area (Å²) in [5, 5.41) is 12.4. The van der Waals surface area contributed by atoms with Gasteiger partial charge in [-0.15, -0.1) is 0 Å². The van der Waals surface area contributed by atoms with Crippen LogP contribution in [0.1, 0.15) is 29.9 Å². The molecule has 35 heavy (non-hydrogen) atoms. The summed E-state index contributed by atoms with van der Waals surface area (Å²) in [5.41, 5.74) is 3.64. The van der Waals surface area contributed by atoms with Crippen molar-refractivity contribution in [2.45, 2.75) is 18.8 Å². The Balaban J connectivity index is 1.10. The topological polar surface area (TPSA) is 105 Å². The number of carboxylic acids is 1. The van der Waals surface area contributed by atoms with Crippen molar-refractivity contribution in [2.24, 2.45) is 17.3 Å². The van der Waals surface area contributed by atoms with Crippen molar-refractivity contribution in [2.75, 3.05) is 40.0 Å². The number of alkyl carbamates (subject to hydrolysis) is 1. The van der Waals surface area contributed by atoms with Gasteiger partial charge in [-0.2, -0.15) is 0 Å². The number of aliphatic carboxylic acids is 1. The molecule has 0 radical (unpaired) electrons. The van der Waals surface area contributed by atoms with E-state index >= 15 is 0 Å². The summed E-state index contributed by atoms with van der Waals surface area (Å²) in [4.78, 5) is 38.6. The first-order chi connectivity index (χ1) is 16.9. The lowest BCUT2D eigenvalue weighted by Gasteiger charge is -2.24. The van der Waals surface area contributed by atoms with Crippen molar-refractivity contribution in [3.8, 4) is 11.1 Å². The number of benzene rings is 2. The summed E-state index contributed by atoms with van der Waals surface area (Å²) >= 11 is 0. The van der Waals surface area contributed by atoms with Crippen molar-refractivity contribution in [1.29, 1.82) is 0 Å². The Morgan fingerprint density at radius 3 is 2.37 bits per heavy atom. The van der Waals surface area contributed by atoms with Crippen LogP contribution in [-0.4, -0.2) is 67.9 Å². The molecule has 3 aliphatic rings. The maximum Gasteiger partial charge on any atom is 0.407 e. The van der Waals surface area contributed by atoms with Crippen molar-refractivity contribution < 1.29 is 29.0 Å². The highest BCUT2D eigenvalue weighted by Crippen LogP contribution is 2.45. The predicted molar refractivity (Wildman–Crippen MR) is 128 cm³/mol. The van der Waals surface area contributed by atoms with E-state index in [1.165, 1.54) is 18.2 Å². The Morgan fingerprint density at radius 2 is 1.74 bits per heavy atom. The molecule has 8 nitrogen and oxygen atoms in total. The molecule has 1 unspecified atom stereocenters. The zero-order valence-electron chi connectivity index (χ0n) is 19.7. The van der Waals surface area contributed by atoms with Crippen LogP contribution in [0.15, 0.2) is 48.5 Å². The summed E-state index contributed by atoms with van der Waals surface area (Å²) < 4.78 is 10.7. The van der Waals surface area contributed by atoms with E-state index in [1.54, 1.807) is 4.90 Å². The van der Waals surface area contributed by atoms with E-state index in [4.69, 9.17) is 9.47 Å². The van der Waals surface area contributed by atoms with Crippen molar-refractivity contribution in [3.63, 3.8) is 0 Å². The monoisotopic (exact) mass is 478 g/mol. The molecule has 2 aromatic rings. The zero-order valence-corrected chi connectivity index (χ0v) is 19.7. The number of hydrogen-bond donors (Lipinski definition) is 2. The Hall–Kier alpha value is -3.39. The number of amides is 2. The van der Waals surface area contributed by atoms with Crippen LogP contribution in [0.3, 0.4) is 0 Å². The normalized spacial score (nSPS) is 24.5. The Morgan fingerprint density at radius 1 is 1.09 bits per heavy atom. The van der Waals surface area contributed by atoms with E-state index in [0.717, 1.165) is 11.1 Å². The maximum absolute atomic E-state index is 12.9. The summed E-state index contributed by atoms with van der Waals surface area (Å²) in [5.74, 6) is -1.11. The third kappa shape index (κ3) is 4.38. The molecule has 8 heteroatoms. The quantitative estimate of drug-likeness (QED) is 0.604. The molecule has 2 N–H and O–H groups in total. The number of rotatable bonds is 8. The van der Waals surface area contributed by atoms with Crippen LogP contribution in [0.4, 0.5) is 4.79 Å². The van der Waals surface area contributed by atoms with Crippen LogP contribution in [0.2, 0.25) is 0 Å². The first-order valence-electron chi connectivity index (χ1n) is 12.0. The first-order valence-corrected chi connectivity index (χ1v) is 12.0. The van der Waals surface area contributed by atoms with E-state index in [-0.39, 0.29) is 43.4 Å². The fourth-order valence-electron chi connectivity index (χ4n) is 5.56. The van der Waals surface area contributed by atoms with Crippen LogP contribution < -0.4 is 5.32 Å². The minimum absolute atomic E-state index is 0.000157. The smallest absolute Gasteiger partial charge is 0.407 e. The molecular weight excluding hydrogens is 448 g/mol. The number of methoxy groups -OCH3 is 1. The molecule has 1 aliphatic heterocycles. The first kappa shape index (κ1) is 23.4. The van der Waals surface area contributed by atoms with E-state index in [9.17, 15) is 19.5 Å². The maximum atomic E-state index is 12.9. The van der Waals surface area contributed by atoms with Gasteiger partial charge in [0, 0.05) is 38.6 Å². The van der Waals surface area contributed by atoms with E-state index in [1.807, 2.05) is 24.3 Å². The number of likely N-dealkylation sites (tertiary alicyclic amines) is 1. The van der Waals surface area contributed by atoms with Gasteiger partial charge in [-0.3, -0.25) is 9.59 Å². The fraction of sp³-hybridized carbons (Fsp3) is 0.444. The van der Waals surface area contributed by atoms with Crippen LogP contribution in [0, 0.1) is 17.3 Å². The van der Waals surface area contributed by atoms with Gasteiger partial charge in [-0.1, -0.05) is 48.5 Å². The molecule has 5 rings (SSSR count). The number of nitrogens with zero attached hydrogens (tertiary/aromatic N) is 1. The molecule has 0 aromatic heterocycles. The second-order valence-corrected chi connectivity index (χ2v) is 9.84. The number of carbonyl (C=O) groups is 3. The highest BCUT2D eigenvalue weighted by atomic mass is 16.5. The molecule has 184 valence electrons. The number of fused-ring (bicyclic) bond motifs is 3. The summed E-state index contributed by atoms with van der Waals surface area (Å²) in [7, 11) is 1.47. The average molecular weight is 479 g/mol. The highest BCUT2D eigenvalue weighted by molar-refractivity contribution is 5.84. The molecule has 0 spiro atoms. The number of hydrogen-bond acceptors (Lipinski definition) is 5. The predicted octanol–water partition coefficient (Wildman–Crippen LogP) is 3.11. The zero-order chi connectivity index (χ0) is 24.6. The van der Waals surface area contributed by atoms with Crippen LogP contribution in [-0.2, 0) is 19.1 Å². The molecule has 1 heterocycles. The lowest BCUT2D eigenvalue weighted by atomic mass is 9.88. The summed E-state index contributed by atoms with van der Waals surface area (Å²) in [6, 6.07) is 16.4. The SMILES string of the molecule is COCC1(C(=O)O)CCN(C(=O)[C@@H]2C[C@@H]2CNC(=O)OCC2c3ccccc3-c3ccccc32)C1. The van der Waals surface area contributed by atoms with Gasteiger partial charge in [0.15, 0.2) is 0 Å². The van der Waals surface area contributed by atoms with Crippen molar-refractivity contribution in [3.05, 3.63) is 59.7 Å². The van der Waals surface area contributed by atoms with Crippen LogP contribution in [0.5, 0.6) is 0 Å². The van der Waals surface area contributed by atoms with Crippen molar-refractivity contribution >= 4 is 18.0 Å². The largest absolute Gasteiger partial charge is 0.481 e. The van der Waals surface area contributed by atoms with Gasteiger partial charge in [-0.05, 0) is 41.0 Å². The minimum Gasteiger partial charge on any atom is -0.481 e. The van der Waals surface area contributed by atoms with E-state index < -0.39 is 17.5 Å². The summed E-state index contributed by atoms with van der Waals surface area (Å²) in [6.07, 6.45) is 0.580. The van der Waals surface area contributed by atoms with Gasteiger partial charge in [0.1, 0.15) is 12.0 Å². The molecule has 3 atom stereocenters. The number of nitrogens with one attached hydrogen (secondary N) is 1. The lowest BCUT2D eigenvalue weighted by Crippen LogP contribution is -2.40. The average Bonchev–Trinajstić information content (AvgIpc) is 3.40. The molecule has 0 bridgehead atoms. The van der Waals surface area contributed by atoms with Gasteiger partial charge in [-0.25, -0.2) is 4.79 Å². The Bertz CT molecular complexity index is 1100.